The zero-order chi connectivity index (χ0) is 11.3. The van der Waals surface area contributed by atoms with E-state index in [1.165, 1.54) is 0 Å². The predicted octanol–water partition coefficient (Wildman–Crippen LogP) is 2.23. The zero-order valence-electron chi connectivity index (χ0n) is 8.33. The summed E-state index contributed by atoms with van der Waals surface area (Å²) in [5.74, 6) is 0. The van der Waals surface area contributed by atoms with E-state index in [1.807, 2.05) is 31.2 Å². The number of primary amides is 1. The van der Waals surface area contributed by atoms with Gasteiger partial charge in [-0.25, -0.2) is 10.2 Å². The molecule has 0 heterocycles. The lowest BCUT2D eigenvalue weighted by Gasteiger charge is -2.03. The molecule has 0 spiro atoms. The average Bonchev–Trinajstić information content (AvgIpc) is 2.21. The number of nitrogens with two attached hydrogens (primary N) is 1. The Morgan fingerprint density at radius 3 is 2.53 bits per heavy atom. The highest BCUT2D eigenvalue weighted by Crippen LogP contribution is 2.12. The molecule has 0 radical (unpaired) electrons. The average molecular weight is 270 g/mol. The van der Waals surface area contributed by atoms with Gasteiger partial charge in [-0.1, -0.05) is 35.0 Å². The smallest absolute Gasteiger partial charge is 0.332 e. The van der Waals surface area contributed by atoms with Crippen LogP contribution in [0.4, 0.5) is 4.79 Å². The summed E-state index contributed by atoms with van der Waals surface area (Å²) in [6.07, 6.45) is 0.724. The summed E-state index contributed by atoms with van der Waals surface area (Å²) in [4.78, 5) is 10.5. The van der Waals surface area contributed by atoms with Crippen LogP contribution in [0.15, 0.2) is 33.8 Å². The SMILES string of the molecule is CC/C(=N/NC(N)=O)c1ccc(Br)cc1. The fourth-order valence-electron chi connectivity index (χ4n) is 1.11. The molecular weight excluding hydrogens is 258 g/mol. The number of carbonyl (C=O) groups is 1. The van der Waals surface area contributed by atoms with E-state index >= 15 is 0 Å². The van der Waals surface area contributed by atoms with Crippen molar-refractivity contribution in [2.75, 3.05) is 0 Å². The minimum Gasteiger partial charge on any atom is -0.350 e. The summed E-state index contributed by atoms with van der Waals surface area (Å²) < 4.78 is 1.00. The molecule has 80 valence electrons. The molecule has 0 saturated carbocycles. The third-order valence-corrected chi connectivity index (χ3v) is 2.34. The van der Waals surface area contributed by atoms with Crippen molar-refractivity contribution in [2.45, 2.75) is 13.3 Å². The van der Waals surface area contributed by atoms with E-state index in [0.717, 1.165) is 22.2 Å². The zero-order valence-corrected chi connectivity index (χ0v) is 9.91. The standard InChI is InChI=1S/C10H12BrN3O/c1-2-9(13-14-10(12)15)7-3-5-8(11)6-4-7/h3-6H,2H2,1H3,(H3,12,14,15)/b13-9-. The van der Waals surface area contributed by atoms with Gasteiger partial charge in [-0.2, -0.15) is 5.10 Å². The lowest BCUT2D eigenvalue weighted by Crippen LogP contribution is -2.25. The van der Waals surface area contributed by atoms with Crippen molar-refractivity contribution < 1.29 is 4.79 Å². The second-order valence-corrected chi connectivity index (χ2v) is 3.81. The molecule has 0 aliphatic rings. The quantitative estimate of drug-likeness (QED) is 0.641. The van der Waals surface area contributed by atoms with Crippen molar-refractivity contribution in [1.82, 2.24) is 5.43 Å². The molecule has 5 heteroatoms. The third-order valence-electron chi connectivity index (χ3n) is 1.81. The van der Waals surface area contributed by atoms with E-state index in [0.29, 0.717) is 0 Å². The van der Waals surface area contributed by atoms with Crippen LogP contribution in [0.3, 0.4) is 0 Å². The van der Waals surface area contributed by atoms with Crippen LogP contribution >= 0.6 is 15.9 Å². The molecule has 1 rings (SSSR count). The van der Waals surface area contributed by atoms with E-state index in [-0.39, 0.29) is 0 Å². The molecule has 0 bridgehead atoms. The number of nitrogens with one attached hydrogen (secondary N) is 1. The number of rotatable bonds is 3. The molecule has 0 aromatic heterocycles. The molecule has 0 saturated heterocycles. The number of halogens is 1. The van der Waals surface area contributed by atoms with E-state index in [1.54, 1.807) is 0 Å². The van der Waals surface area contributed by atoms with Gasteiger partial charge in [-0.15, -0.1) is 0 Å². The van der Waals surface area contributed by atoms with Crippen LogP contribution in [0.25, 0.3) is 0 Å². The van der Waals surface area contributed by atoms with Crippen molar-refractivity contribution in [3.05, 3.63) is 34.3 Å². The van der Waals surface area contributed by atoms with Crippen LogP contribution in [0, 0.1) is 0 Å². The van der Waals surface area contributed by atoms with Gasteiger partial charge in [-0.3, -0.25) is 0 Å². The van der Waals surface area contributed by atoms with Crippen LogP contribution in [0.2, 0.25) is 0 Å². The Morgan fingerprint density at radius 1 is 1.47 bits per heavy atom. The number of hydrogen-bond acceptors (Lipinski definition) is 2. The van der Waals surface area contributed by atoms with Crippen LogP contribution < -0.4 is 11.2 Å². The first kappa shape index (κ1) is 11.7. The van der Waals surface area contributed by atoms with Gasteiger partial charge in [0.2, 0.25) is 0 Å². The summed E-state index contributed by atoms with van der Waals surface area (Å²) in [5.41, 5.74) is 8.92. The van der Waals surface area contributed by atoms with Gasteiger partial charge in [0, 0.05) is 4.47 Å². The topological polar surface area (TPSA) is 67.5 Å². The maximum Gasteiger partial charge on any atom is 0.332 e. The molecule has 0 atom stereocenters. The first-order valence-electron chi connectivity index (χ1n) is 4.51. The minimum atomic E-state index is -0.655. The van der Waals surface area contributed by atoms with E-state index in [2.05, 4.69) is 26.5 Å². The Hall–Kier alpha value is -1.36. The van der Waals surface area contributed by atoms with Gasteiger partial charge >= 0.3 is 6.03 Å². The van der Waals surface area contributed by atoms with Crippen molar-refractivity contribution in [3.8, 4) is 0 Å². The Labute approximate surface area is 96.7 Å². The van der Waals surface area contributed by atoms with E-state index in [9.17, 15) is 4.79 Å². The summed E-state index contributed by atoms with van der Waals surface area (Å²) in [5, 5.41) is 3.92. The largest absolute Gasteiger partial charge is 0.350 e. The van der Waals surface area contributed by atoms with Gasteiger partial charge in [0.05, 0.1) is 5.71 Å². The number of amides is 2. The number of carbonyl (C=O) groups excluding carboxylic acids is 1. The van der Waals surface area contributed by atoms with Crippen LogP contribution in [0.1, 0.15) is 18.9 Å². The Kier molecular flexibility index (Phi) is 4.30. The second kappa shape index (κ2) is 5.50. The molecule has 2 amide bonds. The van der Waals surface area contributed by atoms with Gasteiger partial charge in [0.15, 0.2) is 0 Å². The van der Waals surface area contributed by atoms with E-state index < -0.39 is 6.03 Å². The maximum atomic E-state index is 10.5. The molecule has 3 N–H and O–H groups in total. The van der Waals surface area contributed by atoms with Gasteiger partial charge in [0.1, 0.15) is 0 Å². The molecule has 0 fully saturated rings. The number of urea groups is 1. The molecule has 0 aliphatic carbocycles. The second-order valence-electron chi connectivity index (χ2n) is 2.89. The summed E-state index contributed by atoms with van der Waals surface area (Å²) >= 11 is 3.35. The summed E-state index contributed by atoms with van der Waals surface area (Å²) in [6.45, 7) is 1.96. The summed E-state index contributed by atoms with van der Waals surface area (Å²) in [7, 11) is 0. The number of nitrogens with zero attached hydrogens (tertiary/aromatic N) is 1. The highest BCUT2D eigenvalue weighted by atomic mass is 79.9. The Bertz CT molecular complexity index is 373. The van der Waals surface area contributed by atoms with Crippen molar-refractivity contribution in [3.63, 3.8) is 0 Å². The molecule has 1 aromatic rings. The number of hydrogen-bond donors (Lipinski definition) is 2. The first-order chi connectivity index (χ1) is 7.13. The normalized spacial score (nSPS) is 11.2. The molecular formula is C10H12BrN3O. The first-order valence-corrected chi connectivity index (χ1v) is 5.30. The fraction of sp³-hybridized carbons (Fsp3) is 0.200. The minimum absolute atomic E-state index is 0.655. The summed E-state index contributed by atoms with van der Waals surface area (Å²) in [6, 6.07) is 7.04. The predicted molar refractivity (Wildman–Crippen MR) is 63.7 cm³/mol. The Morgan fingerprint density at radius 2 is 2.07 bits per heavy atom. The van der Waals surface area contributed by atoms with Gasteiger partial charge in [-0.05, 0) is 24.1 Å². The molecule has 0 aliphatic heterocycles. The van der Waals surface area contributed by atoms with Crippen LogP contribution in [-0.4, -0.2) is 11.7 Å². The Balaban J connectivity index is 2.87. The van der Waals surface area contributed by atoms with Crippen molar-refractivity contribution in [2.24, 2.45) is 10.8 Å². The van der Waals surface area contributed by atoms with Gasteiger partial charge < -0.3 is 5.73 Å². The lowest BCUT2D eigenvalue weighted by atomic mass is 10.1. The van der Waals surface area contributed by atoms with Crippen LogP contribution in [-0.2, 0) is 0 Å². The highest BCUT2D eigenvalue weighted by Gasteiger charge is 2.01. The molecule has 15 heavy (non-hydrogen) atoms. The van der Waals surface area contributed by atoms with Crippen molar-refractivity contribution >= 4 is 27.7 Å². The van der Waals surface area contributed by atoms with E-state index in [4.69, 9.17) is 5.73 Å². The molecule has 0 unspecified atom stereocenters. The van der Waals surface area contributed by atoms with Gasteiger partial charge in [0.25, 0.3) is 0 Å². The highest BCUT2D eigenvalue weighted by molar-refractivity contribution is 9.10. The lowest BCUT2D eigenvalue weighted by molar-refractivity contribution is 0.249. The maximum absolute atomic E-state index is 10.5. The third kappa shape index (κ3) is 3.71. The van der Waals surface area contributed by atoms with Crippen LogP contribution in [0.5, 0.6) is 0 Å². The number of hydrazone groups is 1. The monoisotopic (exact) mass is 269 g/mol. The fourth-order valence-corrected chi connectivity index (χ4v) is 1.38. The molecule has 4 nitrogen and oxygen atoms in total. The number of benzene rings is 1. The molecule has 1 aromatic carbocycles. The van der Waals surface area contributed by atoms with Crippen molar-refractivity contribution in [1.29, 1.82) is 0 Å².